The van der Waals surface area contributed by atoms with Gasteiger partial charge in [0.1, 0.15) is 4.90 Å². The van der Waals surface area contributed by atoms with E-state index in [1.165, 1.54) is 19.1 Å². The van der Waals surface area contributed by atoms with Crippen LogP contribution in [0.1, 0.15) is 6.92 Å². The van der Waals surface area contributed by atoms with Crippen LogP contribution in [-0.2, 0) is 14.9 Å². The van der Waals surface area contributed by atoms with Crippen LogP contribution in [0.25, 0.3) is 11.1 Å². The van der Waals surface area contributed by atoms with Crippen molar-refractivity contribution in [2.24, 2.45) is 4.99 Å². The Kier molecular flexibility index (Phi) is 6.57. The lowest BCUT2D eigenvalue weighted by Crippen LogP contribution is -2.12. The Morgan fingerprint density at radius 1 is 1.19 bits per heavy atom. The van der Waals surface area contributed by atoms with Gasteiger partial charge in [-0.05, 0) is 41.6 Å². The maximum absolute atomic E-state index is 11.8. The number of carbonyl (C=O) groups is 1. The number of benzene rings is 2. The van der Waals surface area contributed by atoms with Gasteiger partial charge in [0.25, 0.3) is 10.1 Å². The zero-order valence-corrected chi connectivity index (χ0v) is 16.1. The number of nitriles is 1. The molecule has 2 aromatic rings. The van der Waals surface area contributed by atoms with Crippen LogP contribution in [-0.4, -0.2) is 30.3 Å². The summed E-state index contributed by atoms with van der Waals surface area (Å²) < 4.78 is 33.1. The van der Waals surface area contributed by atoms with Gasteiger partial charge in [0.2, 0.25) is 5.91 Å². The van der Waals surface area contributed by atoms with Gasteiger partial charge in [-0.1, -0.05) is 30.0 Å². The van der Waals surface area contributed by atoms with E-state index in [9.17, 15) is 17.8 Å². The molecule has 0 aliphatic carbocycles. The molecule has 0 fully saturated rings. The van der Waals surface area contributed by atoms with Crippen LogP contribution in [0.5, 0.6) is 0 Å². The minimum Gasteiger partial charge on any atom is -0.326 e. The van der Waals surface area contributed by atoms with Crippen molar-refractivity contribution in [3.05, 3.63) is 42.5 Å². The highest BCUT2D eigenvalue weighted by atomic mass is 32.2. The Morgan fingerprint density at radius 2 is 1.81 bits per heavy atom. The standard InChI is InChI=1S/C17H16N4O4S2/c1-11(22)20-14-6-3-12(4-7-14)13-5-8-15(16(9-13)27(23,24)25)21-17(26-2)19-10-18/h3-9H,1-2H3,(H,19,21)(H,20,22)(H,23,24,25). The number of carbonyl (C=O) groups excluding carboxylic acids is 1. The molecule has 0 saturated carbocycles. The summed E-state index contributed by atoms with van der Waals surface area (Å²) in [6.45, 7) is 1.40. The predicted molar refractivity (Wildman–Crippen MR) is 105 cm³/mol. The first-order chi connectivity index (χ1) is 12.7. The Balaban J connectivity index is 2.49. The normalized spacial score (nSPS) is 11.6. The monoisotopic (exact) mass is 404 g/mol. The fourth-order valence-electron chi connectivity index (χ4n) is 2.22. The maximum atomic E-state index is 11.8. The van der Waals surface area contributed by atoms with Gasteiger partial charge in [0, 0.05) is 12.6 Å². The van der Waals surface area contributed by atoms with Gasteiger partial charge >= 0.3 is 0 Å². The van der Waals surface area contributed by atoms with Crippen LogP contribution in [0.15, 0.2) is 52.4 Å². The van der Waals surface area contributed by atoms with Crippen molar-refractivity contribution in [3.63, 3.8) is 0 Å². The minimum absolute atomic E-state index is 0.00298. The molecule has 10 heteroatoms. The number of thioether (sulfide) groups is 1. The summed E-state index contributed by atoms with van der Waals surface area (Å²) in [7, 11) is -4.54. The van der Waals surface area contributed by atoms with Crippen LogP contribution >= 0.6 is 11.8 Å². The van der Waals surface area contributed by atoms with Gasteiger partial charge in [-0.25, -0.2) is 4.99 Å². The van der Waals surface area contributed by atoms with E-state index in [-0.39, 0.29) is 21.7 Å². The molecular formula is C17H16N4O4S2. The third kappa shape index (κ3) is 5.55. The average Bonchev–Trinajstić information content (AvgIpc) is 2.61. The molecule has 0 aliphatic rings. The Bertz CT molecular complexity index is 1030. The van der Waals surface area contributed by atoms with Crippen molar-refractivity contribution in [2.45, 2.75) is 11.8 Å². The molecule has 0 aliphatic heterocycles. The van der Waals surface area contributed by atoms with E-state index in [2.05, 4.69) is 15.6 Å². The van der Waals surface area contributed by atoms with E-state index < -0.39 is 10.1 Å². The molecule has 140 valence electrons. The third-order valence-corrected chi connectivity index (χ3v) is 4.82. The second kappa shape index (κ2) is 8.68. The topological polar surface area (TPSA) is 132 Å². The largest absolute Gasteiger partial charge is 0.326 e. The summed E-state index contributed by atoms with van der Waals surface area (Å²) in [6.07, 6.45) is 3.38. The molecule has 2 aromatic carbocycles. The Hall–Kier alpha value is -2.87. The van der Waals surface area contributed by atoms with E-state index in [1.807, 2.05) is 0 Å². The quantitative estimate of drug-likeness (QED) is 0.235. The predicted octanol–water partition coefficient (Wildman–Crippen LogP) is 2.98. The van der Waals surface area contributed by atoms with Gasteiger partial charge in [0.15, 0.2) is 11.4 Å². The fourth-order valence-corrected chi connectivity index (χ4v) is 3.22. The molecule has 27 heavy (non-hydrogen) atoms. The van der Waals surface area contributed by atoms with Gasteiger partial charge in [-0.15, -0.1) is 0 Å². The van der Waals surface area contributed by atoms with Crippen molar-refractivity contribution in [2.75, 3.05) is 11.6 Å². The lowest BCUT2D eigenvalue weighted by atomic mass is 10.0. The summed E-state index contributed by atoms with van der Waals surface area (Å²) in [6, 6.07) is 11.2. The molecule has 0 unspecified atom stereocenters. The number of nitrogens with zero attached hydrogens (tertiary/aromatic N) is 2. The van der Waals surface area contributed by atoms with E-state index in [0.717, 1.165) is 11.8 Å². The van der Waals surface area contributed by atoms with Crippen molar-refractivity contribution in [1.29, 1.82) is 5.26 Å². The van der Waals surface area contributed by atoms with E-state index in [0.29, 0.717) is 16.8 Å². The number of amides is 1. The maximum Gasteiger partial charge on any atom is 0.296 e. The minimum atomic E-state index is -4.54. The highest BCUT2D eigenvalue weighted by molar-refractivity contribution is 8.13. The second-order valence-corrected chi connectivity index (χ2v) is 7.46. The summed E-state index contributed by atoms with van der Waals surface area (Å²) in [5.74, 6) is -0.200. The first-order valence-electron chi connectivity index (χ1n) is 7.52. The summed E-state index contributed by atoms with van der Waals surface area (Å²) >= 11 is 1.12. The van der Waals surface area contributed by atoms with Crippen molar-refractivity contribution >= 4 is 44.3 Å². The second-order valence-electron chi connectivity index (χ2n) is 5.27. The van der Waals surface area contributed by atoms with Gasteiger partial charge in [-0.3, -0.25) is 14.7 Å². The molecular weight excluding hydrogens is 388 g/mol. The summed E-state index contributed by atoms with van der Waals surface area (Å²) in [5.41, 5.74) is 1.83. The van der Waals surface area contributed by atoms with Crippen LogP contribution in [0.3, 0.4) is 0 Å². The van der Waals surface area contributed by atoms with Crippen molar-refractivity contribution in [3.8, 4) is 17.3 Å². The van der Waals surface area contributed by atoms with Crippen LogP contribution in [0.2, 0.25) is 0 Å². The molecule has 0 radical (unpaired) electrons. The fraction of sp³-hybridized carbons (Fsp3) is 0.118. The number of amidine groups is 1. The molecule has 0 bridgehead atoms. The first-order valence-corrected chi connectivity index (χ1v) is 10.2. The molecule has 0 aromatic heterocycles. The molecule has 3 N–H and O–H groups in total. The molecule has 2 rings (SSSR count). The summed E-state index contributed by atoms with van der Waals surface area (Å²) in [4.78, 5) is 14.8. The Labute approximate surface area is 161 Å². The smallest absolute Gasteiger partial charge is 0.296 e. The van der Waals surface area contributed by atoms with Crippen molar-refractivity contribution < 1.29 is 17.8 Å². The SMILES string of the molecule is CSC(=Nc1ccc(-c2ccc(NC(C)=O)cc2)cc1S(=O)(=O)O)NC#N. The van der Waals surface area contributed by atoms with E-state index >= 15 is 0 Å². The number of nitrogens with one attached hydrogen (secondary N) is 2. The highest BCUT2D eigenvalue weighted by Crippen LogP contribution is 2.31. The highest BCUT2D eigenvalue weighted by Gasteiger charge is 2.17. The molecule has 8 nitrogen and oxygen atoms in total. The lowest BCUT2D eigenvalue weighted by Gasteiger charge is -2.09. The van der Waals surface area contributed by atoms with E-state index in [1.54, 1.807) is 42.8 Å². The summed E-state index contributed by atoms with van der Waals surface area (Å²) in [5, 5.41) is 13.9. The molecule has 0 spiro atoms. The molecule has 0 atom stereocenters. The molecule has 1 amide bonds. The first kappa shape index (κ1) is 20.4. The number of anilines is 1. The van der Waals surface area contributed by atoms with Gasteiger partial charge in [0.05, 0.1) is 5.69 Å². The van der Waals surface area contributed by atoms with Crippen LogP contribution in [0, 0.1) is 11.5 Å². The number of rotatable bonds is 4. The average molecular weight is 404 g/mol. The number of hydrogen-bond acceptors (Lipinski definition) is 6. The van der Waals surface area contributed by atoms with Crippen LogP contribution < -0.4 is 10.6 Å². The molecule has 0 heterocycles. The van der Waals surface area contributed by atoms with Gasteiger partial charge < -0.3 is 5.32 Å². The van der Waals surface area contributed by atoms with Crippen LogP contribution in [0.4, 0.5) is 11.4 Å². The number of aliphatic imine (C=N–C) groups is 1. The lowest BCUT2D eigenvalue weighted by molar-refractivity contribution is -0.114. The van der Waals surface area contributed by atoms with E-state index in [4.69, 9.17) is 5.26 Å². The molecule has 0 saturated heterocycles. The zero-order valence-electron chi connectivity index (χ0n) is 14.4. The number of hydrogen-bond donors (Lipinski definition) is 3. The van der Waals surface area contributed by atoms with Gasteiger partial charge in [-0.2, -0.15) is 13.7 Å². The Morgan fingerprint density at radius 3 is 2.33 bits per heavy atom. The zero-order chi connectivity index (χ0) is 20.0. The third-order valence-electron chi connectivity index (χ3n) is 3.35. The van der Waals surface area contributed by atoms with Crippen molar-refractivity contribution in [1.82, 2.24) is 5.32 Å².